The number of aromatic nitrogens is 1. The molecule has 2 unspecified atom stereocenters. The second kappa shape index (κ2) is 7.36. The SMILES string of the molecule is O=C(CC1CCOC1)NC(Cc1c[nH]c2ccc(Br)cc12)C(=O)O. The summed E-state index contributed by atoms with van der Waals surface area (Å²) < 4.78 is 6.17. The third kappa shape index (κ3) is 3.96. The average Bonchev–Trinajstić information content (AvgIpc) is 3.16. The topological polar surface area (TPSA) is 91.4 Å². The number of amides is 1. The third-order valence-corrected chi connectivity index (χ3v) is 4.78. The van der Waals surface area contributed by atoms with Crippen molar-refractivity contribution in [2.45, 2.75) is 25.3 Å². The van der Waals surface area contributed by atoms with Crippen molar-refractivity contribution >= 4 is 38.7 Å². The van der Waals surface area contributed by atoms with Gasteiger partial charge in [-0.15, -0.1) is 0 Å². The molecule has 0 radical (unpaired) electrons. The number of carboxylic acids is 1. The number of benzene rings is 1. The van der Waals surface area contributed by atoms with E-state index in [-0.39, 0.29) is 18.2 Å². The molecule has 6 nitrogen and oxygen atoms in total. The van der Waals surface area contributed by atoms with Gasteiger partial charge in [0.25, 0.3) is 0 Å². The maximum absolute atomic E-state index is 12.1. The van der Waals surface area contributed by atoms with Crippen molar-refractivity contribution in [3.63, 3.8) is 0 Å². The fraction of sp³-hybridized carbons (Fsp3) is 0.412. The second-order valence-corrected chi connectivity index (χ2v) is 7.02. The molecule has 0 spiro atoms. The largest absolute Gasteiger partial charge is 0.480 e. The van der Waals surface area contributed by atoms with E-state index >= 15 is 0 Å². The van der Waals surface area contributed by atoms with E-state index in [0.29, 0.717) is 19.6 Å². The number of rotatable bonds is 6. The van der Waals surface area contributed by atoms with Gasteiger partial charge in [-0.05, 0) is 36.1 Å². The van der Waals surface area contributed by atoms with E-state index < -0.39 is 12.0 Å². The van der Waals surface area contributed by atoms with Gasteiger partial charge in [-0.2, -0.15) is 0 Å². The number of nitrogens with one attached hydrogen (secondary N) is 2. The number of carbonyl (C=O) groups excluding carboxylic acids is 1. The predicted molar refractivity (Wildman–Crippen MR) is 92.8 cm³/mol. The van der Waals surface area contributed by atoms with E-state index in [0.717, 1.165) is 27.4 Å². The van der Waals surface area contributed by atoms with Crippen LogP contribution in [0.5, 0.6) is 0 Å². The van der Waals surface area contributed by atoms with Gasteiger partial charge in [0, 0.05) is 47.6 Å². The molecule has 1 saturated heterocycles. The Balaban J connectivity index is 1.69. The molecule has 2 heterocycles. The maximum Gasteiger partial charge on any atom is 0.326 e. The first kappa shape index (κ1) is 17.0. The molecule has 1 aliphatic rings. The van der Waals surface area contributed by atoms with Gasteiger partial charge in [0.05, 0.1) is 0 Å². The Labute approximate surface area is 147 Å². The number of carboxylic acid groups (broad SMARTS) is 1. The summed E-state index contributed by atoms with van der Waals surface area (Å²) in [6, 6.07) is 4.84. The lowest BCUT2D eigenvalue weighted by Gasteiger charge is -2.15. The molecule has 2 aromatic rings. The predicted octanol–water partition coefficient (Wildman–Crippen LogP) is 2.47. The summed E-state index contributed by atoms with van der Waals surface area (Å²) in [6.45, 7) is 1.24. The van der Waals surface area contributed by atoms with Crippen LogP contribution in [0.25, 0.3) is 10.9 Å². The Bertz CT molecular complexity index is 752. The summed E-state index contributed by atoms with van der Waals surface area (Å²) in [5.41, 5.74) is 1.80. The van der Waals surface area contributed by atoms with Crippen LogP contribution in [0.2, 0.25) is 0 Å². The Hall–Kier alpha value is -1.86. The zero-order valence-corrected chi connectivity index (χ0v) is 14.6. The van der Waals surface area contributed by atoms with Crippen molar-refractivity contribution in [1.82, 2.24) is 10.3 Å². The van der Waals surface area contributed by atoms with Crippen LogP contribution in [-0.2, 0) is 20.7 Å². The molecule has 128 valence electrons. The Kier molecular flexibility index (Phi) is 5.20. The lowest BCUT2D eigenvalue weighted by atomic mass is 10.0. The number of hydrogen-bond acceptors (Lipinski definition) is 3. The van der Waals surface area contributed by atoms with Crippen LogP contribution >= 0.6 is 15.9 Å². The van der Waals surface area contributed by atoms with Crippen LogP contribution in [0.4, 0.5) is 0 Å². The van der Waals surface area contributed by atoms with Gasteiger partial charge in [-0.25, -0.2) is 4.79 Å². The van der Waals surface area contributed by atoms with Crippen LogP contribution in [0.3, 0.4) is 0 Å². The molecule has 1 aliphatic heterocycles. The molecule has 1 aromatic heterocycles. The fourth-order valence-electron chi connectivity index (χ4n) is 3.00. The number of aliphatic carboxylic acids is 1. The van der Waals surface area contributed by atoms with Gasteiger partial charge in [-0.3, -0.25) is 4.79 Å². The maximum atomic E-state index is 12.1. The molecule has 0 aliphatic carbocycles. The quantitative estimate of drug-likeness (QED) is 0.701. The molecule has 0 saturated carbocycles. The van der Waals surface area contributed by atoms with Gasteiger partial charge in [0.1, 0.15) is 6.04 Å². The molecule has 2 atom stereocenters. The summed E-state index contributed by atoms with van der Waals surface area (Å²) in [5, 5.41) is 13.0. The van der Waals surface area contributed by atoms with Crippen molar-refractivity contribution in [2.24, 2.45) is 5.92 Å². The zero-order valence-electron chi connectivity index (χ0n) is 13.0. The highest BCUT2D eigenvalue weighted by molar-refractivity contribution is 9.10. The number of carbonyl (C=O) groups is 2. The van der Waals surface area contributed by atoms with Crippen molar-refractivity contribution in [3.05, 3.63) is 34.4 Å². The van der Waals surface area contributed by atoms with Gasteiger partial charge in [0.2, 0.25) is 5.91 Å². The van der Waals surface area contributed by atoms with Gasteiger partial charge in [-0.1, -0.05) is 15.9 Å². The summed E-state index contributed by atoms with van der Waals surface area (Å²) in [4.78, 5) is 26.8. The molecule has 3 N–H and O–H groups in total. The highest BCUT2D eigenvalue weighted by Gasteiger charge is 2.25. The van der Waals surface area contributed by atoms with Crippen LogP contribution in [0.1, 0.15) is 18.4 Å². The van der Waals surface area contributed by atoms with Crippen LogP contribution in [0.15, 0.2) is 28.9 Å². The van der Waals surface area contributed by atoms with Crippen LogP contribution in [-0.4, -0.2) is 41.2 Å². The highest BCUT2D eigenvalue weighted by Crippen LogP contribution is 2.24. The first-order chi connectivity index (χ1) is 11.5. The second-order valence-electron chi connectivity index (χ2n) is 6.10. The molecule has 0 bridgehead atoms. The minimum absolute atomic E-state index is 0.184. The molecule has 1 aromatic carbocycles. The fourth-order valence-corrected chi connectivity index (χ4v) is 3.36. The first-order valence-corrected chi connectivity index (χ1v) is 8.67. The number of ether oxygens (including phenoxy) is 1. The molecular formula is C17H19BrN2O4. The average molecular weight is 395 g/mol. The van der Waals surface area contributed by atoms with E-state index in [9.17, 15) is 14.7 Å². The summed E-state index contributed by atoms with van der Waals surface area (Å²) in [5.74, 6) is -1.09. The van der Waals surface area contributed by atoms with Gasteiger partial charge in [0.15, 0.2) is 0 Å². The Morgan fingerprint density at radius 3 is 3.00 bits per heavy atom. The molecular weight excluding hydrogens is 376 g/mol. The zero-order chi connectivity index (χ0) is 17.1. The van der Waals surface area contributed by atoms with Crippen molar-refractivity contribution in [2.75, 3.05) is 13.2 Å². The van der Waals surface area contributed by atoms with Crippen molar-refractivity contribution in [3.8, 4) is 0 Å². The van der Waals surface area contributed by atoms with E-state index in [2.05, 4.69) is 26.2 Å². The molecule has 1 amide bonds. The number of hydrogen-bond donors (Lipinski definition) is 3. The van der Waals surface area contributed by atoms with Gasteiger partial charge >= 0.3 is 5.97 Å². The molecule has 1 fully saturated rings. The summed E-state index contributed by atoms with van der Waals surface area (Å²) in [7, 11) is 0. The van der Waals surface area contributed by atoms with Gasteiger partial charge < -0.3 is 20.1 Å². The van der Waals surface area contributed by atoms with E-state index in [1.165, 1.54) is 0 Å². The highest BCUT2D eigenvalue weighted by atomic mass is 79.9. The number of fused-ring (bicyclic) bond motifs is 1. The minimum Gasteiger partial charge on any atom is -0.480 e. The molecule has 7 heteroatoms. The molecule has 3 rings (SSSR count). The first-order valence-electron chi connectivity index (χ1n) is 7.88. The van der Waals surface area contributed by atoms with E-state index in [4.69, 9.17) is 4.74 Å². The standard InChI is InChI=1S/C17H19BrN2O4/c18-12-1-2-14-13(7-12)11(8-19-14)6-15(17(22)23)20-16(21)5-10-3-4-24-9-10/h1-2,7-8,10,15,19H,3-6,9H2,(H,20,21)(H,22,23). The minimum atomic E-state index is -1.03. The number of halogens is 1. The third-order valence-electron chi connectivity index (χ3n) is 4.28. The lowest BCUT2D eigenvalue weighted by molar-refractivity contribution is -0.141. The van der Waals surface area contributed by atoms with E-state index in [1.54, 1.807) is 6.20 Å². The van der Waals surface area contributed by atoms with Crippen LogP contribution in [0, 0.1) is 5.92 Å². The number of H-pyrrole nitrogens is 1. The Morgan fingerprint density at radius 1 is 1.46 bits per heavy atom. The van der Waals surface area contributed by atoms with Crippen LogP contribution < -0.4 is 5.32 Å². The van der Waals surface area contributed by atoms with Crippen molar-refractivity contribution < 1.29 is 19.4 Å². The molecule has 24 heavy (non-hydrogen) atoms. The summed E-state index contributed by atoms with van der Waals surface area (Å²) in [6.07, 6.45) is 3.19. The smallest absolute Gasteiger partial charge is 0.326 e. The Morgan fingerprint density at radius 2 is 2.29 bits per heavy atom. The van der Waals surface area contributed by atoms with E-state index in [1.807, 2.05) is 18.2 Å². The monoisotopic (exact) mass is 394 g/mol. The number of aromatic amines is 1. The lowest BCUT2D eigenvalue weighted by Crippen LogP contribution is -2.42. The summed E-state index contributed by atoms with van der Waals surface area (Å²) >= 11 is 3.42. The normalized spacial score (nSPS) is 18.6. The van der Waals surface area contributed by atoms with Crippen molar-refractivity contribution in [1.29, 1.82) is 0 Å².